The third-order valence-electron chi connectivity index (χ3n) is 5.39. The number of nitrogens with two attached hydrogens (primary N) is 2. The Balaban J connectivity index is 2.08. The molecule has 9 heteroatoms. The summed E-state index contributed by atoms with van der Waals surface area (Å²) >= 11 is 0. The van der Waals surface area contributed by atoms with Crippen molar-refractivity contribution >= 4 is 16.6 Å². The Bertz CT molecular complexity index is 1000. The zero-order valence-corrected chi connectivity index (χ0v) is 14.7. The first-order chi connectivity index (χ1) is 12.3. The second-order valence-electron chi connectivity index (χ2n) is 7.24. The summed E-state index contributed by atoms with van der Waals surface area (Å²) in [4.78, 5) is 26.9. The van der Waals surface area contributed by atoms with Crippen LogP contribution in [-0.2, 0) is 0 Å². The quantitative estimate of drug-likeness (QED) is 0.751. The lowest BCUT2D eigenvalue weighted by Gasteiger charge is -2.24. The second kappa shape index (κ2) is 5.73. The molecule has 2 fully saturated rings. The predicted molar refractivity (Wildman–Crippen MR) is 96.8 cm³/mol. The summed E-state index contributed by atoms with van der Waals surface area (Å²) in [7, 11) is 1.41. The topological polar surface area (TPSA) is 109 Å². The maximum Gasteiger partial charge on any atom is 0.350 e. The van der Waals surface area contributed by atoms with E-state index in [4.69, 9.17) is 16.3 Å². The Morgan fingerprint density at radius 1 is 1.27 bits per heavy atom. The molecule has 1 aliphatic heterocycles. The van der Waals surface area contributed by atoms with E-state index in [-0.39, 0.29) is 34.8 Å². The highest BCUT2D eigenvalue weighted by molar-refractivity contribution is 5.91. The Labute approximate surface area is 148 Å². The second-order valence-corrected chi connectivity index (χ2v) is 7.24. The van der Waals surface area contributed by atoms with Crippen molar-refractivity contribution in [1.82, 2.24) is 9.24 Å². The fourth-order valence-corrected chi connectivity index (χ4v) is 3.77. The molecule has 26 heavy (non-hydrogen) atoms. The summed E-state index contributed by atoms with van der Waals surface area (Å²) in [5.74, 6) is 5.42. The van der Waals surface area contributed by atoms with Gasteiger partial charge in [0.05, 0.1) is 12.5 Å². The number of rotatable bonds is 3. The van der Waals surface area contributed by atoms with Crippen molar-refractivity contribution in [1.29, 1.82) is 0 Å². The molecule has 1 saturated heterocycles. The number of hydrogen-bond donors (Lipinski definition) is 2. The van der Waals surface area contributed by atoms with Crippen LogP contribution in [0.15, 0.2) is 15.7 Å². The van der Waals surface area contributed by atoms with Crippen molar-refractivity contribution in [3.05, 3.63) is 32.7 Å². The molecule has 0 radical (unpaired) electrons. The number of aromatic nitrogens is 2. The van der Waals surface area contributed by atoms with Crippen molar-refractivity contribution in [2.24, 2.45) is 11.7 Å². The largest absolute Gasteiger partial charge is 0.492 e. The molecule has 4 rings (SSSR count). The Morgan fingerprint density at radius 2 is 1.96 bits per heavy atom. The van der Waals surface area contributed by atoms with E-state index in [1.807, 2.05) is 11.8 Å². The van der Waals surface area contributed by atoms with Crippen LogP contribution in [0.2, 0.25) is 0 Å². The highest BCUT2D eigenvalue weighted by Crippen LogP contribution is 2.43. The number of methoxy groups -OCH3 is 1. The molecule has 140 valence electrons. The van der Waals surface area contributed by atoms with Gasteiger partial charge in [0.1, 0.15) is 11.2 Å². The van der Waals surface area contributed by atoms with Crippen LogP contribution in [0.25, 0.3) is 10.9 Å². The minimum absolute atomic E-state index is 0.0358. The molecule has 2 aliphatic rings. The number of halogens is 1. The summed E-state index contributed by atoms with van der Waals surface area (Å²) in [6, 6.07) is 0.996. The van der Waals surface area contributed by atoms with Crippen molar-refractivity contribution in [2.45, 2.75) is 31.8 Å². The van der Waals surface area contributed by atoms with Crippen LogP contribution in [0.1, 0.15) is 25.8 Å². The van der Waals surface area contributed by atoms with Gasteiger partial charge in [0, 0.05) is 25.2 Å². The fraction of sp³-hybridized carbons (Fsp3) is 0.529. The first kappa shape index (κ1) is 16.9. The molecule has 0 amide bonds. The van der Waals surface area contributed by atoms with E-state index < -0.39 is 17.1 Å². The molecule has 0 bridgehead atoms. The van der Waals surface area contributed by atoms with Gasteiger partial charge in [-0.2, -0.15) is 4.68 Å². The first-order valence-electron chi connectivity index (χ1n) is 8.68. The van der Waals surface area contributed by atoms with Gasteiger partial charge in [-0.15, -0.1) is 0 Å². The molecule has 0 unspecified atom stereocenters. The van der Waals surface area contributed by atoms with E-state index in [1.165, 1.54) is 11.7 Å². The zero-order chi connectivity index (χ0) is 18.7. The molecule has 4 N–H and O–H groups in total. The van der Waals surface area contributed by atoms with Crippen molar-refractivity contribution in [3.63, 3.8) is 0 Å². The minimum atomic E-state index is -0.739. The smallest absolute Gasteiger partial charge is 0.350 e. The molecule has 2 atom stereocenters. The molecular formula is C17H22FN5O3. The number of benzene rings is 1. The van der Waals surface area contributed by atoms with Gasteiger partial charge in [0.15, 0.2) is 11.6 Å². The summed E-state index contributed by atoms with van der Waals surface area (Å²) in [5, 5.41) is 0.0358. The lowest BCUT2D eigenvalue weighted by atomic mass is 10.1. The average molecular weight is 363 g/mol. The van der Waals surface area contributed by atoms with E-state index >= 15 is 0 Å². The summed E-state index contributed by atoms with van der Waals surface area (Å²) in [5.41, 5.74) is 5.27. The normalized spacial score (nSPS) is 23.0. The van der Waals surface area contributed by atoms with Gasteiger partial charge in [-0.25, -0.2) is 9.18 Å². The van der Waals surface area contributed by atoms with E-state index in [0.717, 1.165) is 18.9 Å². The lowest BCUT2D eigenvalue weighted by molar-refractivity contribution is 0.412. The lowest BCUT2D eigenvalue weighted by Crippen LogP contribution is -2.44. The highest BCUT2D eigenvalue weighted by Gasteiger charge is 2.35. The van der Waals surface area contributed by atoms with Crippen LogP contribution in [0.3, 0.4) is 0 Å². The number of nitrogens with zero attached hydrogens (tertiary/aromatic N) is 3. The molecule has 1 aromatic carbocycles. The summed E-state index contributed by atoms with van der Waals surface area (Å²) in [6.45, 7) is 3.05. The van der Waals surface area contributed by atoms with E-state index in [9.17, 15) is 14.0 Å². The molecule has 1 saturated carbocycles. The number of ether oxygens (including phenoxy) is 1. The standard InChI is InChI=1S/C17H22FN5O3/c1-8-6-21(7-12(8)19)14-11(18)5-10-13(15(14)26-2)22(9-3-4-9)17(25)23(20)16(10)24/h5,8-9,12H,3-4,6-7,19-20H2,1-2H3/t8-,12-/m1/s1. The van der Waals surface area contributed by atoms with Crippen LogP contribution in [0.5, 0.6) is 5.75 Å². The monoisotopic (exact) mass is 363 g/mol. The van der Waals surface area contributed by atoms with Gasteiger partial charge in [0.25, 0.3) is 5.56 Å². The van der Waals surface area contributed by atoms with Crippen LogP contribution >= 0.6 is 0 Å². The summed E-state index contributed by atoms with van der Waals surface area (Å²) < 4.78 is 22.5. The van der Waals surface area contributed by atoms with Gasteiger partial charge in [-0.1, -0.05) is 6.92 Å². The molecule has 1 aromatic heterocycles. The molecule has 2 aromatic rings. The SMILES string of the molecule is COc1c(N2C[C@@H](C)[C@H](N)C2)c(F)cc2c(=O)n(N)c(=O)n(C3CC3)c12. The van der Waals surface area contributed by atoms with Crippen LogP contribution in [0.4, 0.5) is 10.1 Å². The van der Waals surface area contributed by atoms with E-state index in [0.29, 0.717) is 23.3 Å². The average Bonchev–Trinajstić information content (AvgIpc) is 3.38. The fourth-order valence-electron chi connectivity index (χ4n) is 3.77. The van der Waals surface area contributed by atoms with Crippen molar-refractivity contribution in [2.75, 3.05) is 30.9 Å². The zero-order valence-electron chi connectivity index (χ0n) is 14.7. The highest BCUT2D eigenvalue weighted by atomic mass is 19.1. The Hall–Kier alpha value is -2.55. The van der Waals surface area contributed by atoms with Gasteiger partial charge in [0.2, 0.25) is 0 Å². The van der Waals surface area contributed by atoms with Crippen LogP contribution < -0.4 is 32.5 Å². The number of anilines is 1. The number of fused-ring (bicyclic) bond motifs is 1. The molecule has 1 aliphatic carbocycles. The Morgan fingerprint density at radius 3 is 2.50 bits per heavy atom. The van der Waals surface area contributed by atoms with E-state index in [2.05, 4.69) is 0 Å². The van der Waals surface area contributed by atoms with Gasteiger partial charge >= 0.3 is 5.69 Å². The van der Waals surface area contributed by atoms with Gasteiger partial charge < -0.3 is 21.2 Å². The molecule has 0 spiro atoms. The Kier molecular flexibility index (Phi) is 3.72. The van der Waals surface area contributed by atoms with Crippen molar-refractivity contribution in [3.8, 4) is 5.75 Å². The third kappa shape index (κ3) is 2.30. The van der Waals surface area contributed by atoms with Gasteiger partial charge in [-0.3, -0.25) is 9.36 Å². The van der Waals surface area contributed by atoms with E-state index in [1.54, 1.807) is 0 Å². The van der Waals surface area contributed by atoms with Crippen molar-refractivity contribution < 1.29 is 9.13 Å². The predicted octanol–water partition coefficient (Wildman–Crippen LogP) is 0.143. The maximum atomic E-state index is 15.0. The number of nitrogen functional groups attached to an aromatic ring is 1. The van der Waals surface area contributed by atoms with Crippen LogP contribution in [0, 0.1) is 11.7 Å². The molecule has 8 nitrogen and oxygen atoms in total. The molecule has 2 heterocycles. The molecular weight excluding hydrogens is 341 g/mol. The maximum absolute atomic E-state index is 15.0. The minimum Gasteiger partial charge on any atom is -0.492 e. The summed E-state index contributed by atoms with van der Waals surface area (Å²) in [6.07, 6.45) is 1.60. The third-order valence-corrected chi connectivity index (χ3v) is 5.39. The first-order valence-corrected chi connectivity index (χ1v) is 8.68. The number of hydrogen-bond acceptors (Lipinski definition) is 6. The van der Waals surface area contributed by atoms with Gasteiger partial charge in [-0.05, 0) is 24.8 Å². The van der Waals surface area contributed by atoms with Crippen LogP contribution in [-0.4, -0.2) is 35.5 Å².